The maximum Gasteiger partial charge on any atom is 0.573 e. The fourth-order valence-corrected chi connectivity index (χ4v) is 2.22. The topological polar surface area (TPSA) is 44.5 Å². The molecule has 0 saturated heterocycles. The van der Waals surface area contributed by atoms with E-state index in [1.54, 1.807) is 6.07 Å². The van der Waals surface area contributed by atoms with Crippen molar-refractivity contribution < 1.29 is 22.6 Å². The van der Waals surface area contributed by atoms with Gasteiger partial charge in [-0.2, -0.15) is 0 Å². The Balaban J connectivity index is 2.20. The summed E-state index contributed by atoms with van der Waals surface area (Å²) in [6.45, 7) is 0. The molecule has 1 aromatic rings. The molecule has 2 N–H and O–H groups in total. The summed E-state index contributed by atoms with van der Waals surface area (Å²) in [5, 5.41) is 0. The fraction of sp³-hybridized carbons (Fsp3) is 0.538. The number of hydrogen-bond acceptors (Lipinski definition) is 3. The van der Waals surface area contributed by atoms with E-state index in [1.165, 1.54) is 19.2 Å². The molecule has 6 heteroatoms. The first-order valence-corrected chi connectivity index (χ1v) is 6.10. The Morgan fingerprint density at radius 2 is 2.00 bits per heavy atom. The minimum Gasteiger partial charge on any atom is -0.496 e. The summed E-state index contributed by atoms with van der Waals surface area (Å²) in [5.74, 6) is 0.415. The van der Waals surface area contributed by atoms with Gasteiger partial charge in [0.05, 0.1) is 7.11 Å². The number of halogens is 3. The molecule has 0 aliphatic heterocycles. The molecule has 0 radical (unpaired) electrons. The summed E-state index contributed by atoms with van der Waals surface area (Å²) < 4.78 is 45.4. The maximum atomic E-state index is 12.1. The quantitative estimate of drug-likeness (QED) is 0.916. The monoisotopic (exact) mass is 275 g/mol. The summed E-state index contributed by atoms with van der Waals surface area (Å²) in [4.78, 5) is 0. The van der Waals surface area contributed by atoms with Crippen LogP contribution in [0.25, 0.3) is 0 Å². The molecule has 1 fully saturated rings. The van der Waals surface area contributed by atoms with Crippen molar-refractivity contribution in [3.63, 3.8) is 0 Å². The van der Waals surface area contributed by atoms with E-state index in [1.807, 2.05) is 0 Å². The standard InChI is InChI=1S/C13H16F3NO2/c1-18-11-7-9(19-13(14,15)16)5-6-10(11)12(17)8-3-2-4-8/h5-8,12H,2-4,17H2,1H3/t12-/m1/s1. The average molecular weight is 275 g/mol. The summed E-state index contributed by atoms with van der Waals surface area (Å²) >= 11 is 0. The van der Waals surface area contributed by atoms with Gasteiger partial charge in [0, 0.05) is 17.7 Å². The number of hydrogen-bond donors (Lipinski definition) is 1. The van der Waals surface area contributed by atoms with Crippen LogP contribution in [0.15, 0.2) is 18.2 Å². The molecule has 0 aromatic heterocycles. The maximum absolute atomic E-state index is 12.1. The summed E-state index contributed by atoms with van der Waals surface area (Å²) in [5.41, 5.74) is 6.83. The minimum atomic E-state index is -4.71. The second-order valence-electron chi connectivity index (χ2n) is 4.67. The van der Waals surface area contributed by atoms with Gasteiger partial charge in [0.1, 0.15) is 11.5 Å². The number of ether oxygens (including phenoxy) is 2. The smallest absolute Gasteiger partial charge is 0.496 e. The van der Waals surface area contributed by atoms with Crippen molar-refractivity contribution in [2.45, 2.75) is 31.7 Å². The number of methoxy groups -OCH3 is 1. The molecule has 1 aromatic carbocycles. The van der Waals surface area contributed by atoms with Crippen molar-refractivity contribution in [1.82, 2.24) is 0 Å². The molecule has 3 nitrogen and oxygen atoms in total. The van der Waals surface area contributed by atoms with Crippen LogP contribution in [0, 0.1) is 5.92 Å². The van der Waals surface area contributed by atoms with Crippen molar-refractivity contribution in [3.8, 4) is 11.5 Å². The van der Waals surface area contributed by atoms with Gasteiger partial charge in [-0.15, -0.1) is 13.2 Å². The molecule has 106 valence electrons. The summed E-state index contributed by atoms with van der Waals surface area (Å²) in [7, 11) is 1.41. The Labute approximate surface area is 109 Å². The van der Waals surface area contributed by atoms with Gasteiger partial charge in [0.15, 0.2) is 0 Å². The Hall–Kier alpha value is -1.43. The van der Waals surface area contributed by atoms with Crippen LogP contribution < -0.4 is 15.2 Å². The molecule has 1 atom stereocenters. The Morgan fingerprint density at radius 3 is 2.47 bits per heavy atom. The predicted octanol–water partition coefficient (Wildman–Crippen LogP) is 3.39. The van der Waals surface area contributed by atoms with E-state index in [4.69, 9.17) is 10.5 Å². The van der Waals surface area contributed by atoms with Crippen LogP contribution in [-0.4, -0.2) is 13.5 Å². The summed E-state index contributed by atoms with van der Waals surface area (Å²) in [6, 6.07) is 3.83. The SMILES string of the molecule is COc1cc(OC(F)(F)F)ccc1[C@H](N)C1CCC1. The molecule has 0 bridgehead atoms. The third kappa shape index (κ3) is 3.32. The highest BCUT2D eigenvalue weighted by atomic mass is 19.4. The lowest BCUT2D eigenvalue weighted by Gasteiger charge is -2.32. The number of nitrogens with two attached hydrogens (primary N) is 1. The van der Waals surface area contributed by atoms with Gasteiger partial charge in [-0.1, -0.05) is 12.5 Å². The van der Waals surface area contributed by atoms with Gasteiger partial charge < -0.3 is 15.2 Å². The number of alkyl halides is 3. The molecule has 0 amide bonds. The predicted molar refractivity (Wildman–Crippen MR) is 63.9 cm³/mol. The van der Waals surface area contributed by atoms with Crippen molar-refractivity contribution >= 4 is 0 Å². The molecule has 1 aliphatic rings. The zero-order valence-corrected chi connectivity index (χ0v) is 10.5. The lowest BCUT2D eigenvalue weighted by molar-refractivity contribution is -0.274. The second-order valence-corrected chi connectivity index (χ2v) is 4.67. The van der Waals surface area contributed by atoms with E-state index in [0.717, 1.165) is 24.8 Å². The lowest BCUT2D eigenvalue weighted by Crippen LogP contribution is -2.27. The van der Waals surface area contributed by atoms with Crippen molar-refractivity contribution in [1.29, 1.82) is 0 Å². The van der Waals surface area contributed by atoms with Crippen LogP contribution in [0.1, 0.15) is 30.9 Å². The van der Waals surface area contributed by atoms with Crippen LogP contribution >= 0.6 is 0 Å². The lowest BCUT2D eigenvalue weighted by atomic mass is 9.77. The Kier molecular flexibility index (Phi) is 3.89. The third-order valence-corrected chi connectivity index (χ3v) is 3.46. The van der Waals surface area contributed by atoms with Gasteiger partial charge in [-0.3, -0.25) is 0 Å². The molecular formula is C13H16F3NO2. The minimum absolute atomic E-state index is 0.205. The molecule has 19 heavy (non-hydrogen) atoms. The zero-order valence-electron chi connectivity index (χ0n) is 10.5. The van der Waals surface area contributed by atoms with Crippen LogP contribution in [0.5, 0.6) is 11.5 Å². The van der Waals surface area contributed by atoms with Crippen LogP contribution in [0.2, 0.25) is 0 Å². The van der Waals surface area contributed by atoms with Gasteiger partial charge in [0.25, 0.3) is 0 Å². The van der Waals surface area contributed by atoms with E-state index < -0.39 is 6.36 Å². The van der Waals surface area contributed by atoms with E-state index in [9.17, 15) is 13.2 Å². The fourth-order valence-electron chi connectivity index (χ4n) is 2.22. The molecule has 0 unspecified atom stereocenters. The van der Waals surface area contributed by atoms with E-state index in [0.29, 0.717) is 11.7 Å². The van der Waals surface area contributed by atoms with Crippen molar-refractivity contribution in [3.05, 3.63) is 23.8 Å². The van der Waals surface area contributed by atoms with Gasteiger partial charge in [-0.05, 0) is 24.8 Å². The number of benzene rings is 1. The molecule has 0 spiro atoms. The molecule has 1 saturated carbocycles. The normalized spacial score (nSPS) is 17.7. The van der Waals surface area contributed by atoms with E-state index in [2.05, 4.69) is 4.74 Å². The first-order chi connectivity index (χ1) is 8.90. The summed E-state index contributed by atoms with van der Waals surface area (Å²) in [6.07, 6.45) is -1.46. The molecule has 2 rings (SSSR count). The van der Waals surface area contributed by atoms with Gasteiger partial charge in [0.2, 0.25) is 0 Å². The first-order valence-electron chi connectivity index (χ1n) is 6.10. The Morgan fingerprint density at radius 1 is 1.32 bits per heavy atom. The van der Waals surface area contributed by atoms with Crippen LogP contribution in [-0.2, 0) is 0 Å². The highest BCUT2D eigenvalue weighted by molar-refractivity contribution is 5.42. The highest BCUT2D eigenvalue weighted by Gasteiger charge is 2.32. The molecular weight excluding hydrogens is 259 g/mol. The largest absolute Gasteiger partial charge is 0.573 e. The Bertz CT molecular complexity index is 444. The van der Waals surface area contributed by atoms with Gasteiger partial charge >= 0.3 is 6.36 Å². The third-order valence-electron chi connectivity index (χ3n) is 3.46. The molecule has 1 aliphatic carbocycles. The van der Waals surface area contributed by atoms with Crippen LogP contribution in [0.4, 0.5) is 13.2 Å². The second kappa shape index (κ2) is 5.28. The zero-order chi connectivity index (χ0) is 14.0. The average Bonchev–Trinajstić information content (AvgIpc) is 2.24. The van der Waals surface area contributed by atoms with E-state index >= 15 is 0 Å². The van der Waals surface area contributed by atoms with Crippen molar-refractivity contribution in [2.75, 3.05) is 7.11 Å². The van der Waals surface area contributed by atoms with E-state index in [-0.39, 0.29) is 11.8 Å². The first kappa shape index (κ1) is 14.0. The highest BCUT2D eigenvalue weighted by Crippen LogP contribution is 2.40. The van der Waals surface area contributed by atoms with Crippen LogP contribution in [0.3, 0.4) is 0 Å². The van der Waals surface area contributed by atoms with Crippen molar-refractivity contribution in [2.24, 2.45) is 11.7 Å². The number of rotatable bonds is 4. The molecule has 0 heterocycles. The van der Waals surface area contributed by atoms with Gasteiger partial charge in [-0.25, -0.2) is 0 Å².